The van der Waals surface area contributed by atoms with Crippen molar-refractivity contribution >= 4 is 17.6 Å². The molecule has 224 valence electrons. The number of ether oxygens (including phenoxy) is 3. The molecule has 2 N–H and O–H groups in total. The van der Waals surface area contributed by atoms with E-state index in [1.165, 1.54) is 29.7 Å². The monoisotopic (exact) mass is 583 g/mol. The second kappa shape index (κ2) is 13.8. The minimum absolute atomic E-state index is 0.0182. The van der Waals surface area contributed by atoms with E-state index >= 15 is 4.39 Å². The van der Waals surface area contributed by atoms with Gasteiger partial charge >= 0.3 is 0 Å². The topological polar surface area (TPSA) is 117 Å². The van der Waals surface area contributed by atoms with Crippen LogP contribution in [0.2, 0.25) is 0 Å². The van der Waals surface area contributed by atoms with Gasteiger partial charge in [-0.25, -0.2) is 9.37 Å². The predicted molar refractivity (Wildman–Crippen MR) is 150 cm³/mol. The van der Waals surface area contributed by atoms with Crippen molar-refractivity contribution in [2.24, 2.45) is 0 Å². The first-order chi connectivity index (χ1) is 20.4. The van der Waals surface area contributed by atoms with Crippen molar-refractivity contribution in [2.75, 3.05) is 25.1 Å². The van der Waals surface area contributed by atoms with Crippen molar-refractivity contribution in [2.45, 2.75) is 70.8 Å². The fourth-order valence-corrected chi connectivity index (χ4v) is 4.79. The number of carbonyl (C=O) groups is 2. The number of anilines is 1. The fourth-order valence-electron chi connectivity index (χ4n) is 4.79. The van der Waals surface area contributed by atoms with E-state index in [9.17, 15) is 14.0 Å². The second-order valence-electron chi connectivity index (χ2n) is 10.5. The highest BCUT2D eigenvalue weighted by Gasteiger charge is 2.27. The molecule has 2 fully saturated rings. The molecule has 1 aliphatic heterocycles. The molecule has 1 atom stereocenters. The number of nitrogens with one attached hydrogen (secondary N) is 2. The van der Waals surface area contributed by atoms with Crippen LogP contribution in [0.1, 0.15) is 67.9 Å². The number of hydrogen-bond donors (Lipinski definition) is 2. The number of imidazole rings is 1. The zero-order valence-corrected chi connectivity index (χ0v) is 23.5. The standard InChI is InChI=1S/C30H35F2N5O5/c1-19(38)34-28-26(30(39)33-15-5-17-41-25-8-2-3-16-40-25)37(18-20-9-11-21(31)12-10-20)29(36-28)23-13-14-24(35-27(23)32)42-22-6-4-7-22/h9-14,22,25H,2-8,15-18H2,1H3,(H,33,39)(H,34,38). The summed E-state index contributed by atoms with van der Waals surface area (Å²) in [5.74, 6) is -2.01. The SMILES string of the molecule is CC(=O)Nc1nc(-c2ccc(OC3CCC3)nc2F)n(Cc2ccc(F)cc2)c1C(=O)NCCCOC1CCCCO1. The Morgan fingerprint density at radius 2 is 1.86 bits per heavy atom. The Balaban J connectivity index is 1.41. The zero-order valence-electron chi connectivity index (χ0n) is 23.5. The first-order valence-electron chi connectivity index (χ1n) is 14.3. The van der Waals surface area contributed by atoms with Crippen molar-refractivity contribution in [3.8, 4) is 17.3 Å². The fraction of sp³-hybridized carbons (Fsp3) is 0.467. The molecule has 42 heavy (non-hydrogen) atoms. The Morgan fingerprint density at radius 3 is 2.52 bits per heavy atom. The van der Waals surface area contributed by atoms with Crippen LogP contribution in [-0.2, 0) is 20.8 Å². The molecule has 5 rings (SSSR count). The van der Waals surface area contributed by atoms with Gasteiger partial charge in [-0.3, -0.25) is 9.59 Å². The average molecular weight is 584 g/mol. The largest absolute Gasteiger partial charge is 0.474 e. The van der Waals surface area contributed by atoms with E-state index in [0.29, 0.717) is 25.2 Å². The first kappa shape index (κ1) is 29.6. The zero-order chi connectivity index (χ0) is 29.5. The average Bonchev–Trinajstić information content (AvgIpc) is 3.28. The molecule has 12 heteroatoms. The summed E-state index contributed by atoms with van der Waals surface area (Å²) in [7, 11) is 0. The Labute approximate surface area is 242 Å². The highest BCUT2D eigenvalue weighted by Crippen LogP contribution is 2.31. The van der Waals surface area contributed by atoms with E-state index < -0.39 is 23.6 Å². The number of aromatic nitrogens is 3. The predicted octanol–water partition coefficient (Wildman–Crippen LogP) is 4.82. The second-order valence-corrected chi connectivity index (χ2v) is 10.5. The minimum Gasteiger partial charge on any atom is -0.474 e. The number of nitrogens with zero attached hydrogens (tertiary/aromatic N) is 3. The van der Waals surface area contributed by atoms with Gasteiger partial charge in [-0.1, -0.05) is 12.1 Å². The summed E-state index contributed by atoms with van der Waals surface area (Å²) < 4.78 is 47.6. The van der Waals surface area contributed by atoms with Crippen molar-refractivity contribution in [3.63, 3.8) is 0 Å². The van der Waals surface area contributed by atoms with E-state index in [-0.39, 0.29) is 54.3 Å². The molecule has 2 aliphatic rings. The number of pyridine rings is 1. The third-order valence-electron chi connectivity index (χ3n) is 7.18. The molecule has 0 bridgehead atoms. The van der Waals surface area contributed by atoms with Crippen LogP contribution in [0.5, 0.6) is 5.88 Å². The number of halogens is 2. The lowest BCUT2D eigenvalue weighted by atomic mass is 9.96. The van der Waals surface area contributed by atoms with Crippen LogP contribution < -0.4 is 15.4 Å². The number of benzene rings is 1. The molecule has 3 heterocycles. The molecular weight excluding hydrogens is 548 g/mol. The van der Waals surface area contributed by atoms with Gasteiger partial charge in [-0.15, -0.1) is 0 Å². The van der Waals surface area contributed by atoms with E-state index in [4.69, 9.17) is 14.2 Å². The Hall–Kier alpha value is -3.90. The highest BCUT2D eigenvalue weighted by atomic mass is 19.1. The Morgan fingerprint density at radius 1 is 1.05 bits per heavy atom. The van der Waals surface area contributed by atoms with Crippen LogP contribution >= 0.6 is 0 Å². The van der Waals surface area contributed by atoms with E-state index in [1.807, 2.05) is 0 Å². The molecule has 0 radical (unpaired) electrons. The summed E-state index contributed by atoms with van der Waals surface area (Å²) in [4.78, 5) is 34.1. The number of rotatable bonds is 12. The summed E-state index contributed by atoms with van der Waals surface area (Å²) in [6.45, 7) is 2.70. The molecule has 1 saturated heterocycles. The van der Waals surface area contributed by atoms with Gasteiger partial charge in [-0.2, -0.15) is 9.37 Å². The minimum atomic E-state index is -0.833. The molecule has 0 spiro atoms. The molecule has 1 unspecified atom stereocenters. The number of amides is 2. The molecule has 1 saturated carbocycles. The smallest absolute Gasteiger partial charge is 0.271 e. The number of carbonyl (C=O) groups excluding carboxylic acids is 2. The van der Waals surface area contributed by atoms with Crippen LogP contribution in [0.4, 0.5) is 14.6 Å². The molecule has 2 amide bonds. The van der Waals surface area contributed by atoms with Gasteiger partial charge in [0.25, 0.3) is 5.91 Å². The van der Waals surface area contributed by atoms with Gasteiger partial charge < -0.3 is 29.4 Å². The van der Waals surface area contributed by atoms with Crippen molar-refractivity contribution in [3.05, 3.63) is 59.4 Å². The van der Waals surface area contributed by atoms with Crippen LogP contribution in [0, 0.1) is 11.8 Å². The molecule has 10 nitrogen and oxygen atoms in total. The first-order valence-corrected chi connectivity index (χ1v) is 14.3. The van der Waals surface area contributed by atoms with Crippen LogP contribution in [0.3, 0.4) is 0 Å². The lowest BCUT2D eigenvalue weighted by Crippen LogP contribution is -2.30. The van der Waals surface area contributed by atoms with Gasteiger partial charge in [0.1, 0.15) is 17.7 Å². The number of hydrogen-bond acceptors (Lipinski definition) is 7. The summed E-state index contributed by atoms with van der Waals surface area (Å²) in [6, 6.07) is 8.77. The lowest BCUT2D eigenvalue weighted by molar-refractivity contribution is -0.162. The maximum atomic E-state index is 15.4. The van der Waals surface area contributed by atoms with Crippen LogP contribution in [0.15, 0.2) is 36.4 Å². The van der Waals surface area contributed by atoms with Gasteiger partial charge in [0.2, 0.25) is 17.7 Å². The molecule has 3 aromatic rings. The maximum Gasteiger partial charge on any atom is 0.271 e. The van der Waals surface area contributed by atoms with Gasteiger partial charge in [0.15, 0.2) is 17.8 Å². The molecule has 1 aliphatic carbocycles. The molecular formula is C30H35F2N5O5. The van der Waals surface area contributed by atoms with Crippen LogP contribution in [0.25, 0.3) is 11.4 Å². The Bertz CT molecular complexity index is 1390. The molecule has 2 aromatic heterocycles. The van der Waals surface area contributed by atoms with E-state index in [0.717, 1.165) is 38.5 Å². The quantitative estimate of drug-likeness (QED) is 0.232. The maximum absolute atomic E-state index is 15.4. The van der Waals surface area contributed by atoms with Gasteiger partial charge in [0, 0.05) is 32.7 Å². The van der Waals surface area contributed by atoms with Crippen molar-refractivity contribution < 1.29 is 32.6 Å². The van der Waals surface area contributed by atoms with Crippen molar-refractivity contribution in [1.82, 2.24) is 19.9 Å². The normalized spacial score (nSPS) is 17.0. The third-order valence-corrected chi connectivity index (χ3v) is 7.18. The van der Waals surface area contributed by atoms with Crippen molar-refractivity contribution in [1.29, 1.82) is 0 Å². The van der Waals surface area contributed by atoms with E-state index in [1.54, 1.807) is 18.2 Å². The molecule has 1 aromatic carbocycles. The summed E-state index contributed by atoms with van der Waals surface area (Å²) in [5, 5.41) is 5.44. The highest BCUT2D eigenvalue weighted by molar-refractivity contribution is 6.02. The van der Waals surface area contributed by atoms with E-state index in [2.05, 4.69) is 20.6 Å². The summed E-state index contributed by atoms with van der Waals surface area (Å²) in [5.41, 5.74) is 0.678. The lowest BCUT2D eigenvalue weighted by Gasteiger charge is -2.25. The van der Waals surface area contributed by atoms with Gasteiger partial charge in [-0.05, 0) is 68.7 Å². The van der Waals surface area contributed by atoms with Crippen LogP contribution in [-0.4, -0.2) is 58.5 Å². The summed E-state index contributed by atoms with van der Waals surface area (Å²) in [6.07, 6.45) is 6.10. The third kappa shape index (κ3) is 7.48. The Kier molecular flexibility index (Phi) is 9.75. The van der Waals surface area contributed by atoms with Gasteiger partial charge in [0.05, 0.1) is 12.2 Å². The summed E-state index contributed by atoms with van der Waals surface area (Å²) >= 11 is 0.